The van der Waals surface area contributed by atoms with Crippen molar-refractivity contribution in [3.05, 3.63) is 75.0 Å². The van der Waals surface area contributed by atoms with Gasteiger partial charge in [-0.2, -0.15) is 18.3 Å². The quantitative estimate of drug-likeness (QED) is 0.331. The summed E-state index contributed by atoms with van der Waals surface area (Å²) < 4.78 is 47.2. The summed E-state index contributed by atoms with van der Waals surface area (Å²) in [5, 5.41) is 6.37. The number of rotatable bonds is 4. The fraction of sp³-hybridized carbons (Fsp3) is 0.0952. The van der Waals surface area contributed by atoms with Gasteiger partial charge in [0.15, 0.2) is 17.0 Å². The summed E-state index contributed by atoms with van der Waals surface area (Å²) in [4.78, 5) is 17.0. The highest BCUT2D eigenvalue weighted by Crippen LogP contribution is 2.35. The zero-order valence-electron chi connectivity index (χ0n) is 16.5. The van der Waals surface area contributed by atoms with Gasteiger partial charge in [-0.15, -0.1) is 0 Å². The number of carbonyl (C=O) groups is 1. The number of alkyl halides is 3. The van der Waals surface area contributed by atoms with Crippen LogP contribution in [0.3, 0.4) is 0 Å². The van der Waals surface area contributed by atoms with E-state index in [-0.39, 0.29) is 32.1 Å². The molecule has 0 bridgehead atoms. The number of anilines is 1. The van der Waals surface area contributed by atoms with E-state index in [4.69, 9.17) is 39.5 Å². The van der Waals surface area contributed by atoms with E-state index in [9.17, 15) is 18.0 Å². The summed E-state index contributed by atoms with van der Waals surface area (Å²) in [6.45, 7) is 0. The Morgan fingerprint density at radius 1 is 1.06 bits per heavy atom. The first-order chi connectivity index (χ1) is 15.6. The summed E-state index contributed by atoms with van der Waals surface area (Å²) in [6, 6.07) is 11.5. The van der Waals surface area contributed by atoms with Gasteiger partial charge in [-0.05, 0) is 36.4 Å². The van der Waals surface area contributed by atoms with Gasteiger partial charge in [-0.3, -0.25) is 4.79 Å². The number of hydrogen-bond acceptors (Lipinski definition) is 4. The molecule has 0 atom stereocenters. The monoisotopic (exact) mass is 514 g/mol. The molecule has 0 unspecified atom stereocenters. The van der Waals surface area contributed by atoms with E-state index in [0.717, 1.165) is 6.07 Å². The lowest BCUT2D eigenvalue weighted by molar-refractivity contribution is -0.142. The number of fused-ring (bicyclic) bond motifs is 1. The van der Waals surface area contributed by atoms with Crippen LogP contribution in [0.2, 0.25) is 15.1 Å². The van der Waals surface area contributed by atoms with Gasteiger partial charge in [0, 0.05) is 11.3 Å². The molecule has 2 aromatic carbocycles. The van der Waals surface area contributed by atoms with Crippen LogP contribution in [0.15, 0.2) is 48.5 Å². The number of methoxy groups -OCH3 is 1. The van der Waals surface area contributed by atoms with E-state index in [1.165, 1.54) is 31.4 Å². The van der Waals surface area contributed by atoms with Gasteiger partial charge in [-0.1, -0.05) is 46.9 Å². The average Bonchev–Trinajstić information content (AvgIpc) is 3.11. The fourth-order valence-electron chi connectivity index (χ4n) is 3.03. The maximum Gasteiger partial charge on any atom is 0.433 e. The predicted molar refractivity (Wildman–Crippen MR) is 119 cm³/mol. The number of hydrogen-bond donors (Lipinski definition) is 1. The lowest BCUT2D eigenvalue weighted by Crippen LogP contribution is -2.15. The maximum atomic E-state index is 13.8. The molecular weight excluding hydrogens is 504 g/mol. The van der Waals surface area contributed by atoms with Crippen LogP contribution >= 0.6 is 34.8 Å². The van der Waals surface area contributed by atoms with Crippen molar-refractivity contribution in [3.8, 4) is 17.0 Å². The summed E-state index contributed by atoms with van der Waals surface area (Å²) in [6.07, 6.45) is -4.80. The largest absolute Gasteiger partial charge is 0.497 e. The number of ether oxygens (including phenoxy) is 1. The number of benzene rings is 2. The molecule has 0 radical (unpaired) electrons. The zero-order valence-corrected chi connectivity index (χ0v) is 18.8. The summed E-state index contributed by atoms with van der Waals surface area (Å²) in [7, 11) is 1.43. The van der Waals surface area contributed by atoms with Crippen molar-refractivity contribution < 1.29 is 22.7 Å². The number of amides is 1. The minimum absolute atomic E-state index is 0.0213. The fourth-order valence-corrected chi connectivity index (χ4v) is 3.58. The third-order valence-electron chi connectivity index (χ3n) is 4.58. The van der Waals surface area contributed by atoms with Gasteiger partial charge >= 0.3 is 6.18 Å². The van der Waals surface area contributed by atoms with Crippen LogP contribution in [-0.4, -0.2) is 27.6 Å². The highest BCUT2D eigenvalue weighted by Gasteiger charge is 2.36. The Morgan fingerprint density at radius 2 is 1.82 bits per heavy atom. The van der Waals surface area contributed by atoms with Crippen molar-refractivity contribution >= 4 is 52.0 Å². The SMILES string of the molecule is COc1cccc(-c2cc(C(F)(F)F)n3nc(C(=O)Nc4ccc(Cl)c(Cl)c4)c(Cl)c3n2)c1. The van der Waals surface area contributed by atoms with Crippen molar-refractivity contribution in [1.29, 1.82) is 0 Å². The molecule has 2 heterocycles. The molecule has 0 spiro atoms. The molecule has 4 aromatic rings. The van der Waals surface area contributed by atoms with Crippen molar-refractivity contribution in [3.63, 3.8) is 0 Å². The molecule has 170 valence electrons. The molecule has 0 saturated carbocycles. The molecule has 2 aromatic heterocycles. The Bertz CT molecular complexity index is 1390. The molecule has 33 heavy (non-hydrogen) atoms. The maximum absolute atomic E-state index is 13.8. The second-order valence-corrected chi connectivity index (χ2v) is 7.93. The van der Waals surface area contributed by atoms with Crippen LogP contribution in [0.25, 0.3) is 16.9 Å². The molecule has 1 N–H and O–H groups in total. The van der Waals surface area contributed by atoms with Gasteiger partial charge in [0.2, 0.25) is 0 Å². The van der Waals surface area contributed by atoms with E-state index in [2.05, 4.69) is 15.4 Å². The molecule has 4 rings (SSSR count). The number of aromatic nitrogens is 3. The van der Waals surface area contributed by atoms with Crippen LogP contribution in [0.4, 0.5) is 18.9 Å². The Kier molecular flexibility index (Phi) is 6.13. The first-order valence-corrected chi connectivity index (χ1v) is 10.3. The third kappa shape index (κ3) is 4.57. The number of halogens is 6. The summed E-state index contributed by atoms with van der Waals surface area (Å²) in [5.41, 5.74) is -1.33. The van der Waals surface area contributed by atoms with Crippen molar-refractivity contribution in [1.82, 2.24) is 14.6 Å². The van der Waals surface area contributed by atoms with E-state index in [1.807, 2.05) is 0 Å². The van der Waals surface area contributed by atoms with Gasteiger partial charge in [0.1, 0.15) is 10.8 Å². The molecule has 6 nitrogen and oxygen atoms in total. The highest BCUT2D eigenvalue weighted by atomic mass is 35.5. The second-order valence-electron chi connectivity index (χ2n) is 6.74. The molecule has 0 aliphatic carbocycles. The molecule has 0 saturated heterocycles. The number of nitrogens with one attached hydrogen (secondary N) is 1. The van der Waals surface area contributed by atoms with E-state index < -0.39 is 23.5 Å². The molecule has 0 fully saturated rings. The topological polar surface area (TPSA) is 68.5 Å². The first kappa shape index (κ1) is 23.2. The van der Waals surface area contributed by atoms with Crippen LogP contribution in [0.5, 0.6) is 5.75 Å². The average molecular weight is 516 g/mol. The van der Waals surface area contributed by atoms with Gasteiger partial charge in [0.25, 0.3) is 5.91 Å². The van der Waals surface area contributed by atoms with Gasteiger partial charge in [-0.25, -0.2) is 9.50 Å². The molecule has 0 aliphatic heterocycles. The molecule has 1 amide bonds. The first-order valence-electron chi connectivity index (χ1n) is 9.16. The van der Waals surface area contributed by atoms with Crippen LogP contribution < -0.4 is 10.1 Å². The minimum atomic E-state index is -4.80. The summed E-state index contributed by atoms with van der Waals surface area (Å²) >= 11 is 18.1. The highest BCUT2D eigenvalue weighted by molar-refractivity contribution is 6.42. The second kappa shape index (κ2) is 8.74. The Hall–Kier alpha value is -3.01. The lowest BCUT2D eigenvalue weighted by atomic mass is 10.1. The van der Waals surface area contributed by atoms with Gasteiger partial charge in [0.05, 0.1) is 22.8 Å². The third-order valence-corrected chi connectivity index (χ3v) is 5.67. The van der Waals surface area contributed by atoms with Crippen molar-refractivity contribution in [2.75, 3.05) is 12.4 Å². The number of carbonyl (C=O) groups excluding carboxylic acids is 1. The van der Waals surface area contributed by atoms with E-state index in [0.29, 0.717) is 15.8 Å². The Labute approximate surface area is 199 Å². The van der Waals surface area contributed by atoms with Crippen LogP contribution in [0.1, 0.15) is 16.2 Å². The Morgan fingerprint density at radius 3 is 2.48 bits per heavy atom. The normalized spacial score (nSPS) is 11.6. The van der Waals surface area contributed by atoms with Crippen LogP contribution in [-0.2, 0) is 6.18 Å². The standard InChI is InChI=1S/C21H12Cl3F3N4O2/c1-33-12-4-2-3-10(7-12)15-9-16(21(25,26)27)31-19(29-15)17(24)18(30-31)20(32)28-11-5-6-13(22)14(23)8-11/h2-9H,1H3,(H,28,32). The number of nitrogens with zero attached hydrogens (tertiary/aromatic N) is 3. The van der Waals surface area contributed by atoms with Gasteiger partial charge < -0.3 is 10.1 Å². The molecular formula is C21H12Cl3F3N4O2. The predicted octanol–water partition coefficient (Wildman–Crippen LogP) is 6.64. The zero-order chi connectivity index (χ0) is 23.9. The molecule has 12 heteroatoms. The van der Waals surface area contributed by atoms with E-state index in [1.54, 1.807) is 18.2 Å². The Balaban J connectivity index is 1.84. The van der Waals surface area contributed by atoms with E-state index >= 15 is 0 Å². The lowest BCUT2D eigenvalue weighted by Gasteiger charge is -2.11. The smallest absolute Gasteiger partial charge is 0.433 e. The molecule has 0 aliphatic rings. The minimum Gasteiger partial charge on any atom is -0.497 e. The van der Waals surface area contributed by atoms with Crippen LogP contribution in [0, 0.1) is 0 Å². The van der Waals surface area contributed by atoms with Crippen molar-refractivity contribution in [2.24, 2.45) is 0 Å². The summed E-state index contributed by atoms with van der Waals surface area (Å²) in [5.74, 6) is -0.413. The van der Waals surface area contributed by atoms with Crippen molar-refractivity contribution in [2.45, 2.75) is 6.18 Å².